The van der Waals surface area contributed by atoms with Crippen LogP contribution in [0.25, 0.3) is 0 Å². The van der Waals surface area contributed by atoms with E-state index in [9.17, 15) is 0 Å². The van der Waals surface area contributed by atoms with E-state index >= 15 is 0 Å². The van der Waals surface area contributed by atoms with Crippen molar-refractivity contribution in [3.05, 3.63) is 23.2 Å². The lowest BCUT2D eigenvalue weighted by molar-refractivity contribution is 0.0720. The minimum atomic E-state index is 0.404. The molecule has 0 aromatic heterocycles. The summed E-state index contributed by atoms with van der Waals surface area (Å²) in [4.78, 5) is 0. The first-order valence-corrected chi connectivity index (χ1v) is 3.94. The van der Waals surface area contributed by atoms with Gasteiger partial charge in [-0.1, -0.05) is 12.5 Å². The molecule has 0 amide bonds. The quantitative estimate of drug-likeness (QED) is 0.529. The minimum absolute atomic E-state index is 0.404. The fourth-order valence-electron chi connectivity index (χ4n) is 1.39. The summed E-state index contributed by atoms with van der Waals surface area (Å²) in [5, 5.41) is 0. The zero-order valence-electron chi connectivity index (χ0n) is 6.89. The number of ether oxygens (including phenoxy) is 2. The maximum absolute atomic E-state index is 5.29. The molecule has 1 atom stereocenters. The summed E-state index contributed by atoms with van der Waals surface area (Å²) < 4.78 is 10.5. The molecule has 0 spiro atoms. The van der Waals surface area contributed by atoms with Gasteiger partial charge in [0.2, 0.25) is 6.79 Å². The molecule has 0 radical (unpaired) electrons. The summed E-state index contributed by atoms with van der Waals surface area (Å²) in [7, 11) is 0. The van der Waals surface area contributed by atoms with Gasteiger partial charge in [0.05, 0.1) is 0 Å². The molecule has 60 valence electrons. The van der Waals surface area contributed by atoms with E-state index in [-0.39, 0.29) is 0 Å². The molecule has 2 rings (SSSR count). The molecule has 2 heteroatoms. The van der Waals surface area contributed by atoms with E-state index in [2.05, 4.69) is 19.9 Å². The Balaban J connectivity index is 2.29. The highest BCUT2D eigenvalue weighted by atomic mass is 16.7. The molecule has 0 bridgehead atoms. The van der Waals surface area contributed by atoms with Gasteiger partial charge in [0.1, 0.15) is 5.76 Å². The summed E-state index contributed by atoms with van der Waals surface area (Å²) in [5.41, 5.74) is 1.38. The highest BCUT2D eigenvalue weighted by molar-refractivity contribution is 5.28. The molecule has 1 heterocycles. The van der Waals surface area contributed by atoms with Gasteiger partial charge < -0.3 is 9.47 Å². The maximum atomic E-state index is 5.29. The van der Waals surface area contributed by atoms with Gasteiger partial charge >= 0.3 is 0 Å². The van der Waals surface area contributed by atoms with Crippen molar-refractivity contribution in [2.24, 2.45) is 5.92 Å². The molecule has 0 saturated carbocycles. The molecule has 0 aromatic carbocycles. The maximum Gasteiger partial charge on any atom is 0.230 e. The second kappa shape index (κ2) is 2.29. The Labute approximate surface area is 66.5 Å². The Kier molecular flexibility index (Phi) is 1.41. The lowest BCUT2D eigenvalue weighted by atomic mass is 9.93. The van der Waals surface area contributed by atoms with Crippen LogP contribution in [0, 0.1) is 5.92 Å². The summed E-state index contributed by atoms with van der Waals surface area (Å²) in [6, 6.07) is 0. The monoisotopic (exact) mass is 152 g/mol. The Hall–Kier alpha value is -0.920. The smallest absolute Gasteiger partial charge is 0.230 e. The third kappa shape index (κ3) is 1.02. The average Bonchev–Trinajstić information content (AvgIpc) is 2.36. The van der Waals surface area contributed by atoms with Crippen molar-refractivity contribution in [1.82, 2.24) is 0 Å². The first-order valence-electron chi connectivity index (χ1n) is 3.94. The zero-order chi connectivity index (χ0) is 7.84. The van der Waals surface area contributed by atoms with Crippen molar-refractivity contribution in [1.29, 1.82) is 0 Å². The second-order valence-electron chi connectivity index (χ2n) is 3.19. The van der Waals surface area contributed by atoms with Crippen molar-refractivity contribution in [2.45, 2.75) is 20.3 Å². The summed E-state index contributed by atoms with van der Waals surface area (Å²) in [5.74, 6) is 2.58. The standard InChI is InChI=1S/C9H12O2/c1-6-3-8-9(4-7(6)2)11-5-10-8/h3,7H,4-5H2,1-2H3. The molecule has 11 heavy (non-hydrogen) atoms. The van der Waals surface area contributed by atoms with Gasteiger partial charge in [0.15, 0.2) is 5.76 Å². The van der Waals surface area contributed by atoms with Crippen molar-refractivity contribution >= 4 is 0 Å². The number of hydrogen-bond acceptors (Lipinski definition) is 2. The van der Waals surface area contributed by atoms with E-state index in [1.807, 2.05) is 0 Å². The van der Waals surface area contributed by atoms with Gasteiger partial charge in [-0.05, 0) is 18.9 Å². The molecule has 0 aromatic rings. The van der Waals surface area contributed by atoms with E-state index in [0.29, 0.717) is 12.7 Å². The van der Waals surface area contributed by atoms with Gasteiger partial charge in [0.25, 0.3) is 0 Å². The Morgan fingerprint density at radius 2 is 2.27 bits per heavy atom. The van der Waals surface area contributed by atoms with Gasteiger partial charge in [-0.25, -0.2) is 0 Å². The van der Waals surface area contributed by atoms with Gasteiger partial charge in [-0.2, -0.15) is 0 Å². The lowest BCUT2D eigenvalue weighted by Crippen LogP contribution is -2.04. The van der Waals surface area contributed by atoms with Crippen molar-refractivity contribution in [2.75, 3.05) is 6.79 Å². The Bertz CT molecular complexity index is 238. The molecule has 0 fully saturated rings. The van der Waals surface area contributed by atoms with Crippen LogP contribution in [-0.4, -0.2) is 6.79 Å². The minimum Gasteiger partial charge on any atom is -0.458 e. The lowest BCUT2D eigenvalue weighted by Gasteiger charge is -2.16. The van der Waals surface area contributed by atoms with Crippen LogP contribution in [0.1, 0.15) is 20.3 Å². The zero-order valence-corrected chi connectivity index (χ0v) is 6.89. The number of allylic oxidation sites excluding steroid dienone is 3. The van der Waals surface area contributed by atoms with Crippen LogP contribution in [0.5, 0.6) is 0 Å². The van der Waals surface area contributed by atoms with Crippen LogP contribution >= 0.6 is 0 Å². The SMILES string of the molecule is CC1=CC2=C(CC1C)OCO2. The van der Waals surface area contributed by atoms with Crippen molar-refractivity contribution < 1.29 is 9.47 Å². The van der Waals surface area contributed by atoms with E-state index in [0.717, 1.165) is 17.9 Å². The molecule has 0 N–H and O–H groups in total. The molecular weight excluding hydrogens is 140 g/mol. The van der Waals surface area contributed by atoms with Gasteiger partial charge in [-0.15, -0.1) is 0 Å². The third-order valence-corrected chi connectivity index (χ3v) is 2.35. The molecule has 1 aliphatic carbocycles. The first kappa shape index (κ1) is 6.77. The van der Waals surface area contributed by atoms with Crippen LogP contribution in [0.2, 0.25) is 0 Å². The fraction of sp³-hybridized carbons (Fsp3) is 0.556. The summed E-state index contributed by atoms with van der Waals surface area (Å²) in [6.07, 6.45) is 3.08. The van der Waals surface area contributed by atoms with Crippen molar-refractivity contribution in [3.8, 4) is 0 Å². The van der Waals surface area contributed by atoms with Gasteiger partial charge in [0, 0.05) is 6.42 Å². The normalized spacial score (nSPS) is 28.9. The van der Waals surface area contributed by atoms with E-state index < -0.39 is 0 Å². The predicted molar refractivity (Wildman–Crippen MR) is 41.6 cm³/mol. The van der Waals surface area contributed by atoms with Crippen LogP contribution in [0.3, 0.4) is 0 Å². The molecule has 1 unspecified atom stereocenters. The highest BCUT2D eigenvalue weighted by Crippen LogP contribution is 2.32. The van der Waals surface area contributed by atoms with Crippen LogP contribution in [-0.2, 0) is 9.47 Å². The second-order valence-corrected chi connectivity index (χ2v) is 3.19. The van der Waals surface area contributed by atoms with E-state index in [1.165, 1.54) is 5.57 Å². The van der Waals surface area contributed by atoms with Gasteiger partial charge in [-0.3, -0.25) is 0 Å². The number of hydrogen-bond donors (Lipinski definition) is 0. The molecule has 2 aliphatic rings. The Morgan fingerprint density at radius 1 is 1.45 bits per heavy atom. The largest absolute Gasteiger partial charge is 0.458 e. The van der Waals surface area contributed by atoms with E-state index in [1.54, 1.807) is 0 Å². The third-order valence-electron chi connectivity index (χ3n) is 2.35. The molecular formula is C9H12O2. The topological polar surface area (TPSA) is 18.5 Å². The fourth-order valence-corrected chi connectivity index (χ4v) is 1.39. The van der Waals surface area contributed by atoms with Crippen LogP contribution in [0.4, 0.5) is 0 Å². The summed E-state index contributed by atoms with van der Waals surface area (Å²) in [6.45, 7) is 4.74. The number of rotatable bonds is 0. The summed E-state index contributed by atoms with van der Waals surface area (Å²) >= 11 is 0. The van der Waals surface area contributed by atoms with E-state index in [4.69, 9.17) is 9.47 Å². The first-order chi connectivity index (χ1) is 5.27. The molecule has 2 nitrogen and oxygen atoms in total. The molecule has 1 aliphatic heterocycles. The Morgan fingerprint density at radius 3 is 3.09 bits per heavy atom. The van der Waals surface area contributed by atoms with Crippen molar-refractivity contribution in [3.63, 3.8) is 0 Å². The molecule has 0 saturated heterocycles. The average molecular weight is 152 g/mol. The predicted octanol–water partition coefficient (Wildman–Crippen LogP) is 2.19. The highest BCUT2D eigenvalue weighted by Gasteiger charge is 2.23. The van der Waals surface area contributed by atoms with Crippen LogP contribution in [0.15, 0.2) is 23.2 Å². The van der Waals surface area contributed by atoms with Crippen LogP contribution < -0.4 is 0 Å².